The zero-order valence-corrected chi connectivity index (χ0v) is 15.2. The van der Waals surface area contributed by atoms with E-state index in [1.165, 1.54) is 11.8 Å². The predicted octanol–water partition coefficient (Wildman–Crippen LogP) is 2.46. The van der Waals surface area contributed by atoms with Gasteiger partial charge in [0.1, 0.15) is 5.82 Å². The number of fused-ring (bicyclic) bond motifs is 1. The molecular weight excluding hydrogens is 348 g/mol. The SMILES string of the molecule is CCc1nc(SCC(=O)N2Cc3cnc(-c4ccccc4)nc3C2)n[nH]1. The van der Waals surface area contributed by atoms with Crippen molar-refractivity contribution in [3.05, 3.63) is 53.6 Å². The van der Waals surface area contributed by atoms with Gasteiger partial charge in [0.25, 0.3) is 0 Å². The molecule has 3 aromatic rings. The fourth-order valence-corrected chi connectivity index (χ4v) is 3.49. The Bertz CT molecular complexity index is 926. The van der Waals surface area contributed by atoms with Crippen molar-refractivity contribution >= 4 is 17.7 Å². The lowest BCUT2D eigenvalue weighted by Crippen LogP contribution is -2.27. The molecule has 1 N–H and O–H groups in total. The van der Waals surface area contributed by atoms with Gasteiger partial charge >= 0.3 is 0 Å². The Morgan fingerprint density at radius 1 is 1.23 bits per heavy atom. The summed E-state index contributed by atoms with van der Waals surface area (Å²) >= 11 is 1.35. The number of thioether (sulfide) groups is 1. The molecule has 0 radical (unpaired) electrons. The van der Waals surface area contributed by atoms with Gasteiger partial charge in [-0.3, -0.25) is 9.89 Å². The van der Waals surface area contributed by atoms with Crippen molar-refractivity contribution in [1.29, 1.82) is 0 Å². The van der Waals surface area contributed by atoms with Gasteiger partial charge in [0.15, 0.2) is 5.82 Å². The minimum absolute atomic E-state index is 0.0529. The number of nitrogens with one attached hydrogen (secondary N) is 1. The van der Waals surface area contributed by atoms with Gasteiger partial charge < -0.3 is 4.90 Å². The van der Waals surface area contributed by atoms with Crippen molar-refractivity contribution < 1.29 is 4.79 Å². The first-order valence-electron chi connectivity index (χ1n) is 8.45. The largest absolute Gasteiger partial charge is 0.332 e. The van der Waals surface area contributed by atoms with E-state index in [0.29, 0.717) is 29.8 Å². The first-order chi connectivity index (χ1) is 12.7. The molecule has 7 nitrogen and oxygen atoms in total. The molecular formula is C18H18N6OS. The minimum atomic E-state index is 0.0529. The summed E-state index contributed by atoms with van der Waals surface area (Å²) in [5, 5.41) is 7.57. The van der Waals surface area contributed by atoms with Crippen LogP contribution in [-0.2, 0) is 24.3 Å². The smallest absolute Gasteiger partial charge is 0.233 e. The maximum absolute atomic E-state index is 12.5. The first-order valence-corrected chi connectivity index (χ1v) is 9.43. The van der Waals surface area contributed by atoms with Gasteiger partial charge in [-0.05, 0) is 0 Å². The maximum atomic E-state index is 12.5. The van der Waals surface area contributed by atoms with Crippen LogP contribution in [-0.4, -0.2) is 41.7 Å². The van der Waals surface area contributed by atoms with Crippen LogP contribution in [0.15, 0.2) is 41.7 Å². The fraction of sp³-hybridized carbons (Fsp3) is 0.278. The summed E-state index contributed by atoms with van der Waals surface area (Å²) in [4.78, 5) is 27.7. The number of hydrogen-bond acceptors (Lipinski definition) is 6. The third-order valence-corrected chi connectivity index (χ3v) is 5.04. The van der Waals surface area contributed by atoms with E-state index in [1.807, 2.05) is 43.5 Å². The molecule has 2 aromatic heterocycles. The second kappa shape index (κ2) is 7.25. The van der Waals surface area contributed by atoms with Crippen molar-refractivity contribution in [3.8, 4) is 11.4 Å². The number of aromatic amines is 1. The molecule has 0 saturated carbocycles. The number of amides is 1. The van der Waals surface area contributed by atoms with E-state index in [9.17, 15) is 4.79 Å². The first kappa shape index (κ1) is 16.7. The number of hydrogen-bond donors (Lipinski definition) is 1. The summed E-state index contributed by atoms with van der Waals surface area (Å²) < 4.78 is 0. The van der Waals surface area contributed by atoms with Gasteiger partial charge in [-0.2, -0.15) is 0 Å². The van der Waals surface area contributed by atoms with E-state index in [0.717, 1.165) is 29.1 Å². The van der Waals surface area contributed by atoms with Crippen molar-refractivity contribution in [2.24, 2.45) is 0 Å². The monoisotopic (exact) mass is 366 g/mol. The molecule has 8 heteroatoms. The van der Waals surface area contributed by atoms with Crippen molar-refractivity contribution in [2.75, 3.05) is 5.75 Å². The molecule has 0 unspecified atom stereocenters. The number of H-pyrrole nitrogens is 1. The Morgan fingerprint density at radius 2 is 2.08 bits per heavy atom. The highest BCUT2D eigenvalue weighted by molar-refractivity contribution is 7.99. The number of nitrogens with zero attached hydrogens (tertiary/aromatic N) is 5. The molecule has 0 spiro atoms. The van der Waals surface area contributed by atoms with Crippen LogP contribution in [0.2, 0.25) is 0 Å². The Balaban J connectivity index is 1.40. The third kappa shape index (κ3) is 3.45. The van der Waals surface area contributed by atoms with Crippen molar-refractivity contribution in [3.63, 3.8) is 0 Å². The highest BCUT2D eigenvalue weighted by Crippen LogP contribution is 2.24. The Morgan fingerprint density at radius 3 is 2.85 bits per heavy atom. The third-order valence-electron chi connectivity index (χ3n) is 4.21. The van der Waals surface area contributed by atoms with Crippen LogP contribution >= 0.6 is 11.8 Å². The van der Waals surface area contributed by atoms with E-state index in [-0.39, 0.29) is 5.91 Å². The van der Waals surface area contributed by atoms with E-state index in [2.05, 4.69) is 25.1 Å². The summed E-state index contributed by atoms with van der Waals surface area (Å²) in [6.45, 7) is 3.08. The summed E-state index contributed by atoms with van der Waals surface area (Å²) in [6, 6.07) is 9.86. The molecule has 0 fully saturated rings. The topological polar surface area (TPSA) is 87.7 Å². The molecule has 4 rings (SSSR count). The summed E-state index contributed by atoms with van der Waals surface area (Å²) in [5.41, 5.74) is 2.91. The van der Waals surface area contributed by atoms with Crippen LogP contribution in [0.25, 0.3) is 11.4 Å². The molecule has 1 amide bonds. The Kier molecular flexibility index (Phi) is 4.66. The average molecular weight is 366 g/mol. The number of benzene rings is 1. The minimum Gasteiger partial charge on any atom is -0.332 e. The number of aryl methyl sites for hydroxylation is 1. The Hall–Kier alpha value is -2.74. The van der Waals surface area contributed by atoms with Crippen LogP contribution in [0.5, 0.6) is 0 Å². The summed E-state index contributed by atoms with van der Waals surface area (Å²) in [5.74, 6) is 1.89. The average Bonchev–Trinajstić information content (AvgIpc) is 3.32. The molecule has 26 heavy (non-hydrogen) atoms. The van der Waals surface area contributed by atoms with Crippen LogP contribution in [0.3, 0.4) is 0 Å². The van der Waals surface area contributed by atoms with Gasteiger partial charge in [0.05, 0.1) is 18.0 Å². The lowest BCUT2D eigenvalue weighted by Gasteiger charge is -2.13. The van der Waals surface area contributed by atoms with Crippen molar-refractivity contribution in [1.82, 2.24) is 30.0 Å². The highest BCUT2D eigenvalue weighted by atomic mass is 32.2. The van der Waals surface area contributed by atoms with E-state index < -0.39 is 0 Å². The Labute approximate surface area is 155 Å². The highest BCUT2D eigenvalue weighted by Gasteiger charge is 2.25. The molecule has 0 atom stereocenters. The summed E-state index contributed by atoms with van der Waals surface area (Å²) in [6.07, 6.45) is 2.62. The van der Waals surface area contributed by atoms with Gasteiger partial charge in [-0.15, -0.1) is 5.10 Å². The standard InChI is InChI=1S/C18H18N6OS/c1-2-15-21-18(23-22-15)26-11-16(25)24-9-13-8-19-17(20-14(13)10-24)12-6-4-3-5-7-12/h3-8H,2,9-11H2,1H3,(H,21,22,23). The molecule has 132 valence electrons. The van der Waals surface area contributed by atoms with E-state index in [1.54, 1.807) is 4.90 Å². The zero-order chi connectivity index (χ0) is 17.9. The maximum Gasteiger partial charge on any atom is 0.233 e. The number of carbonyl (C=O) groups excluding carboxylic acids is 1. The van der Waals surface area contributed by atoms with Gasteiger partial charge in [0, 0.05) is 30.3 Å². The molecule has 1 aliphatic rings. The number of rotatable bonds is 5. The zero-order valence-electron chi connectivity index (χ0n) is 14.3. The van der Waals surface area contributed by atoms with E-state index >= 15 is 0 Å². The number of carbonyl (C=O) groups is 1. The van der Waals surface area contributed by atoms with Crippen LogP contribution in [0, 0.1) is 0 Å². The fourth-order valence-electron chi connectivity index (χ4n) is 2.77. The van der Waals surface area contributed by atoms with E-state index in [4.69, 9.17) is 0 Å². The molecule has 1 aromatic carbocycles. The van der Waals surface area contributed by atoms with Crippen LogP contribution < -0.4 is 0 Å². The predicted molar refractivity (Wildman–Crippen MR) is 98.2 cm³/mol. The van der Waals surface area contributed by atoms with Crippen LogP contribution in [0.1, 0.15) is 24.0 Å². The van der Waals surface area contributed by atoms with Gasteiger partial charge in [-0.1, -0.05) is 49.0 Å². The number of aromatic nitrogens is 5. The summed E-state index contributed by atoms with van der Waals surface area (Å²) in [7, 11) is 0. The lowest BCUT2D eigenvalue weighted by atomic mass is 10.2. The normalized spacial score (nSPS) is 13.0. The van der Waals surface area contributed by atoms with Crippen LogP contribution in [0.4, 0.5) is 0 Å². The van der Waals surface area contributed by atoms with Gasteiger partial charge in [-0.25, -0.2) is 15.0 Å². The molecule has 0 aliphatic carbocycles. The molecule has 3 heterocycles. The quantitative estimate of drug-likeness (QED) is 0.698. The second-order valence-electron chi connectivity index (χ2n) is 5.99. The second-order valence-corrected chi connectivity index (χ2v) is 6.93. The lowest BCUT2D eigenvalue weighted by molar-refractivity contribution is -0.128. The molecule has 1 aliphatic heterocycles. The van der Waals surface area contributed by atoms with Gasteiger partial charge in [0.2, 0.25) is 11.1 Å². The molecule has 0 bridgehead atoms. The van der Waals surface area contributed by atoms with Crippen molar-refractivity contribution in [2.45, 2.75) is 31.6 Å². The molecule has 0 saturated heterocycles.